The smallest absolute Gasteiger partial charge is 0.224 e. The van der Waals surface area contributed by atoms with Gasteiger partial charge in [-0.15, -0.1) is 0 Å². The molecule has 0 spiro atoms. The highest BCUT2D eigenvalue weighted by Gasteiger charge is 2.11. The van der Waals surface area contributed by atoms with Crippen LogP contribution in [0.3, 0.4) is 0 Å². The summed E-state index contributed by atoms with van der Waals surface area (Å²) in [5.74, 6) is 0.672. The van der Waals surface area contributed by atoms with E-state index >= 15 is 0 Å². The summed E-state index contributed by atoms with van der Waals surface area (Å²) < 4.78 is 0.755. The lowest BCUT2D eigenvalue weighted by Crippen LogP contribution is -2.27. The maximum absolute atomic E-state index is 12.2. The first-order valence-corrected chi connectivity index (χ1v) is 9.61. The Hall–Kier alpha value is -1.40. The molecule has 1 amide bonds. The van der Waals surface area contributed by atoms with E-state index in [2.05, 4.69) is 10.2 Å². The maximum atomic E-state index is 12.2. The minimum atomic E-state index is -0.01000. The summed E-state index contributed by atoms with van der Waals surface area (Å²) in [6.45, 7) is 9.79. The third-order valence-electron chi connectivity index (χ3n) is 3.43. The van der Waals surface area contributed by atoms with E-state index in [9.17, 15) is 9.59 Å². The van der Waals surface area contributed by atoms with E-state index in [0.29, 0.717) is 29.3 Å². The molecular formula is C18H26N2O2S2. The molecule has 6 heteroatoms. The molecule has 1 aromatic rings. The Kier molecular flexibility index (Phi) is 9.00. The molecule has 0 aliphatic carbocycles. The van der Waals surface area contributed by atoms with Crippen molar-refractivity contribution in [1.82, 2.24) is 4.90 Å². The number of hydrogen-bond donors (Lipinski definition) is 1. The van der Waals surface area contributed by atoms with E-state index in [0.717, 1.165) is 17.4 Å². The molecule has 0 unspecified atom stereocenters. The van der Waals surface area contributed by atoms with E-state index in [-0.39, 0.29) is 11.7 Å². The molecule has 0 aliphatic heterocycles. The fraction of sp³-hybridized carbons (Fsp3) is 0.500. The molecule has 24 heavy (non-hydrogen) atoms. The Morgan fingerprint density at radius 2 is 1.75 bits per heavy atom. The maximum Gasteiger partial charge on any atom is 0.224 e. The quantitative estimate of drug-likeness (QED) is 0.551. The average Bonchev–Trinajstić information content (AvgIpc) is 2.53. The molecule has 0 aliphatic rings. The molecule has 0 radical (unpaired) electrons. The molecule has 0 atom stereocenters. The van der Waals surface area contributed by atoms with Gasteiger partial charge >= 0.3 is 0 Å². The molecule has 0 heterocycles. The number of thiocarbonyl (C=S) groups is 1. The van der Waals surface area contributed by atoms with E-state index in [1.165, 1.54) is 11.8 Å². The Labute approximate surface area is 154 Å². The number of nitrogens with one attached hydrogen (secondary N) is 1. The average molecular weight is 367 g/mol. The van der Waals surface area contributed by atoms with Crippen LogP contribution in [0, 0.1) is 5.92 Å². The van der Waals surface area contributed by atoms with Crippen molar-refractivity contribution < 1.29 is 9.59 Å². The second kappa shape index (κ2) is 10.5. The Bertz CT molecular complexity index is 567. The molecular weight excluding hydrogens is 340 g/mol. The highest BCUT2D eigenvalue weighted by molar-refractivity contribution is 8.23. The summed E-state index contributed by atoms with van der Waals surface area (Å²) in [4.78, 5) is 26.0. The molecule has 1 rings (SSSR count). The summed E-state index contributed by atoms with van der Waals surface area (Å²) in [5.41, 5.74) is 1.34. The zero-order valence-corrected chi connectivity index (χ0v) is 16.4. The van der Waals surface area contributed by atoms with Crippen molar-refractivity contribution in [3.05, 3.63) is 29.8 Å². The number of carbonyl (C=O) groups is 2. The van der Waals surface area contributed by atoms with Crippen molar-refractivity contribution >= 4 is 45.7 Å². The van der Waals surface area contributed by atoms with Gasteiger partial charge in [-0.1, -0.05) is 37.8 Å². The number of rotatable bonds is 8. The Morgan fingerprint density at radius 3 is 2.25 bits per heavy atom. The van der Waals surface area contributed by atoms with Crippen LogP contribution in [0.15, 0.2) is 24.3 Å². The van der Waals surface area contributed by atoms with Gasteiger partial charge in [-0.3, -0.25) is 9.59 Å². The number of benzene rings is 1. The van der Waals surface area contributed by atoms with Gasteiger partial charge in [0.2, 0.25) is 5.91 Å². The monoisotopic (exact) mass is 366 g/mol. The van der Waals surface area contributed by atoms with Crippen molar-refractivity contribution in [2.75, 3.05) is 24.2 Å². The summed E-state index contributed by atoms with van der Waals surface area (Å²) in [6, 6.07) is 7.01. The van der Waals surface area contributed by atoms with Gasteiger partial charge in [0, 0.05) is 30.8 Å². The number of hydrogen-bond acceptors (Lipinski definition) is 4. The van der Waals surface area contributed by atoms with Crippen molar-refractivity contribution in [2.45, 2.75) is 34.1 Å². The van der Waals surface area contributed by atoms with Gasteiger partial charge in [-0.05, 0) is 44.0 Å². The lowest BCUT2D eigenvalue weighted by molar-refractivity contribution is -0.116. The lowest BCUT2D eigenvalue weighted by atomic mass is 10.1. The number of ketones is 1. The van der Waals surface area contributed by atoms with E-state index in [1.807, 2.05) is 27.7 Å². The van der Waals surface area contributed by atoms with Crippen molar-refractivity contribution in [2.24, 2.45) is 5.92 Å². The summed E-state index contributed by atoms with van der Waals surface area (Å²) in [6.07, 6.45) is 0.486. The second-order valence-electron chi connectivity index (χ2n) is 5.87. The number of amides is 1. The first-order chi connectivity index (χ1) is 11.4. The normalized spacial score (nSPS) is 10.5. The van der Waals surface area contributed by atoms with Gasteiger partial charge in [0.1, 0.15) is 4.32 Å². The lowest BCUT2D eigenvalue weighted by Gasteiger charge is -2.20. The third-order valence-corrected chi connectivity index (χ3v) is 4.96. The number of nitrogens with zero attached hydrogens (tertiary/aromatic N) is 1. The van der Waals surface area contributed by atoms with Crippen molar-refractivity contribution in [3.8, 4) is 0 Å². The Morgan fingerprint density at radius 1 is 1.17 bits per heavy atom. The van der Waals surface area contributed by atoms with Gasteiger partial charge in [0.15, 0.2) is 5.78 Å². The van der Waals surface area contributed by atoms with E-state index in [1.54, 1.807) is 24.3 Å². The summed E-state index contributed by atoms with van der Waals surface area (Å²) in [5, 5.41) is 2.84. The van der Waals surface area contributed by atoms with Crippen LogP contribution >= 0.6 is 24.0 Å². The molecule has 0 bridgehead atoms. The highest BCUT2D eigenvalue weighted by Crippen LogP contribution is 2.15. The van der Waals surface area contributed by atoms with Crippen LogP contribution in [0.5, 0.6) is 0 Å². The van der Waals surface area contributed by atoms with Crippen molar-refractivity contribution in [1.29, 1.82) is 0 Å². The van der Waals surface area contributed by atoms with Crippen LogP contribution in [0.1, 0.15) is 44.5 Å². The number of thioether (sulfide) groups is 1. The summed E-state index contributed by atoms with van der Waals surface area (Å²) in [7, 11) is 0. The van der Waals surface area contributed by atoms with Gasteiger partial charge in [0.25, 0.3) is 0 Å². The van der Waals surface area contributed by atoms with Crippen LogP contribution in [0.2, 0.25) is 0 Å². The molecule has 0 saturated heterocycles. The van der Waals surface area contributed by atoms with Crippen LogP contribution in [-0.2, 0) is 4.79 Å². The third kappa shape index (κ3) is 7.01. The van der Waals surface area contributed by atoms with Crippen LogP contribution < -0.4 is 5.32 Å². The minimum absolute atomic E-state index is 0.01000. The first kappa shape index (κ1) is 20.6. The molecule has 0 aromatic heterocycles. The molecule has 1 aromatic carbocycles. The zero-order valence-electron chi connectivity index (χ0n) is 14.8. The van der Waals surface area contributed by atoms with Gasteiger partial charge < -0.3 is 10.2 Å². The largest absolute Gasteiger partial charge is 0.358 e. The standard InChI is InChI=1S/C18H26N2O2S2/c1-5-20(6-2)18(23)24-12-16(21)14-7-9-15(10-8-14)19-17(22)11-13(3)4/h7-10,13H,5-6,11-12H2,1-4H3,(H,19,22). The van der Waals surface area contributed by atoms with Crippen LogP contribution in [-0.4, -0.2) is 39.8 Å². The SMILES string of the molecule is CCN(CC)C(=S)SCC(=O)c1ccc(NC(=O)CC(C)C)cc1. The fourth-order valence-corrected chi connectivity index (χ4v) is 3.40. The van der Waals surface area contributed by atoms with Gasteiger partial charge in [-0.25, -0.2) is 0 Å². The predicted octanol–water partition coefficient (Wildman–Crippen LogP) is 4.21. The minimum Gasteiger partial charge on any atom is -0.358 e. The first-order valence-electron chi connectivity index (χ1n) is 8.22. The number of anilines is 1. The molecule has 132 valence electrons. The van der Waals surface area contributed by atoms with Crippen LogP contribution in [0.25, 0.3) is 0 Å². The molecule has 4 nitrogen and oxygen atoms in total. The fourth-order valence-electron chi connectivity index (χ4n) is 2.11. The predicted molar refractivity (Wildman–Crippen MR) is 107 cm³/mol. The van der Waals surface area contributed by atoms with Crippen LogP contribution in [0.4, 0.5) is 5.69 Å². The Balaban J connectivity index is 2.54. The molecule has 0 saturated carbocycles. The zero-order chi connectivity index (χ0) is 18.1. The van der Waals surface area contributed by atoms with Gasteiger partial charge in [-0.2, -0.15) is 0 Å². The molecule has 0 fully saturated rings. The van der Waals surface area contributed by atoms with E-state index < -0.39 is 0 Å². The topological polar surface area (TPSA) is 49.4 Å². The summed E-state index contributed by atoms with van der Waals surface area (Å²) >= 11 is 6.73. The van der Waals surface area contributed by atoms with E-state index in [4.69, 9.17) is 12.2 Å². The second-order valence-corrected chi connectivity index (χ2v) is 7.48. The van der Waals surface area contributed by atoms with Gasteiger partial charge in [0.05, 0.1) is 5.75 Å². The number of Topliss-reactive ketones (excluding diaryl/α,β-unsaturated/α-hetero) is 1. The van der Waals surface area contributed by atoms with Crippen molar-refractivity contribution in [3.63, 3.8) is 0 Å². The number of carbonyl (C=O) groups excluding carboxylic acids is 2. The highest BCUT2D eigenvalue weighted by atomic mass is 32.2. The molecule has 1 N–H and O–H groups in total.